The van der Waals surface area contributed by atoms with Crippen molar-refractivity contribution in [3.8, 4) is 11.5 Å². The second-order valence-corrected chi connectivity index (χ2v) is 9.72. The Hall–Kier alpha value is -4.59. The molecule has 200 valence electrons. The van der Waals surface area contributed by atoms with Gasteiger partial charge in [-0.05, 0) is 75.1 Å². The zero-order valence-electron chi connectivity index (χ0n) is 22.9. The van der Waals surface area contributed by atoms with Gasteiger partial charge >= 0.3 is 0 Å². The molecule has 0 saturated heterocycles. The molecule has 3 aromatic carbocycles. The lowest BCUT2D eigenvalue weighted by Crippen LogP contribution is -2.31. The molecule has 1 aliphatic heterocycles. The third-order valence-electron chi connectivity index (χ3n) is 6.90. The first kappa shape index (κ1) is 26.0. The number of anilines is 2. The molecule has 0 fully saturated rings. The van der Waals surface area contributed by atoms with Crippen molar-refractivity contribution >= 4 is 17.5 Å². The number of aryl methyl sites for hydroxylation is 3. The van der Waals surface area contributed by atoms with Crippen molar-refractivity contribution in [3.05, 3.63) is 106 Å². The summed E-state index contributed by atoms with van der Waals surface area (Å²) in [4.78, 5) is 18.1. The van der Waals surface area contributed by atoms with Crippen LogP contribution in [0.2, 0.25) is 0 Å². The van der Waals surface area contributed by atoms with Crippen LogP contribution in [0, 0.1) is 20.8 Å². The minimum Gasteiger partial charge on any atom is -0.490 e. The molecule has 0 radical (unpaired) electrons. The monoisotopic (exact) mass is 523 g/mol. The first-order chi connectivity index (χ1) is 18.9. The van der Waals surface area contributed by atoms with Gasteiger partial charge in [-0.15, -0.1) is 0 Å². The zero-order valence-corrected chi connectivity index (χ0v) is 22.9. The number of ether oxygens (including phenoxy) is 2. The van der Waals surface area contributed by atoms with Crippen LogP contribution < -0.4 is 20.1 Å². The molecule has 0 bridgehead atoms. The topological polar surface area (TPSA) is 90.3 Å². The predicted octanol–water partition coefficient (Wildman–Crippen LogP) is 6.11. The maximum absolute atomic E-state index is 13.8. The molecule has 0 spiro atoms. The predicted molar refractivity (Wildman–Crippen MR) is 152 cm³/mol. The molecule has 1 aromatic heterocycles. The SMILES string of the molecule is CCOc1cc(C2C(C(=O)Nc3ccc(C)cc3C)=C(C)Nc3ncnn32)ccc1OCc1ccccc1C. The van der Waals surface area contributed by atoms with Crippen LogP contribution in [0.3, 0.4) is 0 Å². The smallest absolute Gasteiger partial charge is 0.255 e. The number of amides is 1. The Morgan fingerprint density at radius 2 is 1.79 bits per heavy atom. The molecule has 1 unspecified atom stereocenters. The van der Waals surface area contributed by atoms with Gasteiger partial charge in [0, 0.05) is 11.4 Å². The van der Waals surface area contributed by atoms with Crippen LogP contribution in [0.1, 0.15) is 47.7 Å². The lowest BCUT2D eigenvalue weighted by atomic mass is 9.94. The van der Waals surface area contributed by atoms with Gasteiger partial charge < -0.3 is 20.1 Å². The summed E-state index contributed by atoms with van der Waals surface area (Å²) >= 11 is 0. The molecule has 2 heterocycles. The Labute approximate surface area is 228 Å². The maximum Gasteiger partial charge on any atom is 0.255 e. The van der Waals surface area contributed by atoms with E-state index in [0.717, 1.165) is 27.9 Å². The molecule has 1 aliphatic rings. The number of carbonyl (C=O) groups is 1. The van der Waals surface area contributed by atoms with Crippen LogP contribution in [0.5, 0.6) is 11.5 Å². The average Bonchev–Trinajstić information content (AvgIpc) is 3.37. The Bertz CT molecular complexity index is 1560. The summed E-state index contributed by atoms with van der Waals surface area (Å²) in [6.45, 7) is 10.8. The molecular formula is C31H33N5O3. The largest absolute Gasteiger partial charge is 0.490 e. The third-order valence-corrected chi connectivity index (χ3v) is 6.90. The highest BCUT2D eigenvalue weighted by atomic mass is 16.5. The fraction of sp³-hybridized carbons (Fsp3) is 0.258. The average molecular weight is 524 g/mol. The van der Waals surface area contributed by atoms with Crippen LogP contribution in [-0.2, 0) is 11.4 Å². The van der Waals surface area contributed by atoms with Gasteiger partial charge in [0.25, 0.3) is 5.91 Å². The van der Waals surface area contributed by atoms with Gasteiger partial charge in [0.05, 0.1) is 12.2 Å². The fourth-order valence-corrected chi connectivity index (χ4v) is 4.85. The zero-order chi connectivity index (χ0) is 27.5. The van der Waals surface area contributed by atoms with E-state index in [1.165, 1.54) is 11.9 Å². The summed E-state index contributed by atoms with van der Waals surface area (Å²) in [7, 11) is 0. The van der Waals surface area contributed by atoms with E-state index in [-0.39, 0.29) is 5.91 Å². The van der Waals surface area contributed by atoms with E-state index in [2.05, 4.69) is 39.8 Å². The van der Waals surface area contributed by atoms with Crippen molar-refractivity contribution in [2.75, 3.05) is 17.2 Å². The Kier molecular flexibility index (Phi) is 7.36. The number of hydrogen-bond acceptors (Lipinski definition) is 6. The van der Waals surface area contributed by atoms with E-state index >= 15 is 0 Å². The molecule has 0 saturated carbocycles. The normalized spacial score (nSPS) is 14.4. The van der Waals surface area contributed by atoms with Gasteiger partial charge in [0.15, 0.2) is 11.5 Å². The first-order valence-electron chi connectivity index (χ1n) is 13.1. The van der Waals surface area contributed by atoms with E-state index in [1.807, 2.05) is 76.2 Å². The lowest BCUT2D eigenvalue weighted by molar-refractivity contribution is -0.113. The fourth-order valence-electron chi connectivity index (χ4n) is 4.85. The standard InChI is InChI=1S/C31H33N5O3/c1-6-38-27-16-23(12-14-26(27)39-17-24-10-8-7-9-20(24)3)29-28(22(5)34-31-32-18-33-36(29)31)30(37)35-25-13-11-19(2)15-21(25)4/h7-16,18,29H,6,17H2,1-5H3,(H,35,37)(H,32,33,34). The highest BCUT2D eigenvalue weighted by molar-refractivity contribution is 6.06. The first-order valence-corrected chi connectivity index (χ1v) is 13.1. The number of allylic oxidation sites excluding steroid dienone is 1. The molecule has 8 nitrogen and oxygen atoms in total. The highest BCUT2D eigenvalue weighted by Crippen LogP contribution is 2.39. The number of hydrogen-bond donors (Lipinski definition) is 2. The van der Waals surface area contributed by atoms with E-state index in [9.17, 15) is 4.79 Å². The molecule has 0 aliphatic carbocycles. The summed E-state index contributed by atoms with van der Waals surface area (Å²) in [5.74, 6) is 1.60. The van der Waals surface area contributed by atoms with Gasteiger partial charge in [0.2, 0.25) is 5.95 Å². The van der Waals surface area contributed by atoms with Crippen LogP contribution in [-0.4, -0.2) is 27.3 Å². The molecule has 39 heavy (non-hydrogen) atoms. The van der Waals surface area contributed by atoms with Gasteiger partial charge in [-0.25, -0.2) is 4.68 Å². The summed E-state index contributed by atoms with van der Waals surface area (Å²) < 4.78 is 13.9. The number of nitrogens with one attached hydrogen (secondary N) is 2. The number of nitrogens with zero attached hydrogens (tertiary/aromatic N) is 3. The number of rotatable bonds is 8. The van der Waals surface area contributed by atoms with Crippen LogP contribution >= 0.6 is 0 Å². The summed E-state index contributed by atoms with van der Waals surface area (Å²) in [5, 5.41) is 10.8. The van der Waals surface area contributed by atoms with E-state index in [4.69, 9.17) is 9.47 Å². The second kappa shape index (κ2) is 11.0. The molecule has 5 rings (SSSR count). The summed E-state index contributed by atoms with van der Waals surface area (Å²) in [5.41, 5.74) is 7.27. The third kappa shape index (κ3) is 5.36. The Morgan fingerprint density at radius 1 is 0.974 bits per heavy atom. The van der Waals surface area contributed by atoms with E-state index in [0.29, 0.717) is 41.9 Å². The van der Waals surface area contributed by atoms with Crippen LogP contribution in [0.15, 0.2) is 78.3 Å². The molecule has 1 atom stereocenters. The minimum absolute atomic E-state index is 0.212. The molecule has 8 heteroatoms. The van der Waals surface area contributed by atoms with Crippen LogP contribution in [0.4, 0.5) is 11.6 Å². The molecule has 4 aromatic rings. The number of fused-ring (bicyclic) bond motifs is 1. The lowest BCUT2D eigenvalue weighted by Gasteiger charge is -2.29. The Morgan fingerprint density at radius 3 is 2.56 bits per heavy atom. The molecular weight excluding hydrogens is 490 g/mol. The quantitative estimate of drug-likeness (QED) is 0.290. The van der Waals surface area contributed by atoms with Crippen molar-refractivity contribution in [1.29, 1.82) is 0 Å². The molecule has 2 N–H and O–H groups in total. The summed E-state index contributed by atoms with van der Waals surface area (Å²) in [6, 6.07) is 19.4. The Balaban J connectivity index is 1.50. The number of aromatic nitrogens is 3. The van der Waals surface area contributed by atoms with Gasteiger partial charge in [0.1, 0.15) is 19.0 Å². The minimum atomic E-state index is -0.515. The second-order valence-electron chi connectivity index (χ2n) is 9.72. The van der Waals surface area contributed by atoms with Gasteiger partial charge in [-0.2, -0.15) is 10.1 Å². The van der Waals surface area contributed by atoms with E-state index < -0.39 is 6.04 Å². The molecule has 1 amide bonds. The highest BCUT2D eigenvalue weighted by Gasteiger charge is 2.34. The number of carbonyl (C=O) groups excluding carboxylic acids is 1. The number of benzene rings is 3. The van der Waals surface area contributed by atoms with Crippen molar-refractivity contribution in [1.82, 2.24) is 14.8 Å². The maximum atomic E-state index is 13.8. The van der Waals surface area contributed by atoms with Crippen molar-refractivity contribution < 1.29 is 14.3 Å². The van der Waals surface area contributed by atoms with Crippen molar-refractivity contribution in [2.45, 2.75) is 47.3 Å². The van der Waals surface area contributed by atoms with Gasteiger partial charge in [-0.1, -0.05) is 48.0 Å². The van der Waals surface area contributed by atoms with Gasteiger partial charge in [-0.3, -0.25) is 4.79 Å². The van der Waals surface area contributed by atoms with Crippen molar-refractivity contribution in [2.24, 2.45) is 0 Å². The van der Waals surface area contributed by atoms with Crippen molar-refractivity contribution in [3.63, 3.8) is 0 Å². The van der Waals surface area contributed by atoms with Crippen LogP contribution in [0.25, 0.3) is 0 Å². The summed E-state index contributed by atoms with van der Waals surface area (Å²) in [6.07, 6.45) is 1.48. The van der Waals surface area contributed by atoms with E-state index in [1.54, 1.807) is 4.68 Å².